The maximum absolute atomic E-state index is 12.5. The summed E-state index contributed by atoms with van der Waals surface area (Å²) in [6, 6.07) is 10.5. The van der Waals surface area contributed by atoms with Gasteiger partial charge in [-0.1, -0.05) is 6.07 Å². The molecular weight excluding hydrogens is 288 g/mol. The maximum atomic E-state index is 12.5. The summed E-state index contributed by atoms with van der Waals surface area (Å²) in [5, 5.41) is 7.71. The molecule has 3 heterocycles. The first-order chi connectivity index (χ1) is 11.1. The monoisotopic (exact) mass is 308 g/mol. The van der Waals surface area contributed by atoms with Crippen molar-refractivity contribution >= 4 is 11.4 Å². The van der Waals surface area contributed by atoms with Gasteiger partial charge in [-0.2, -0.15) is 5.10 Å². The maximum Gasteiger partial charge on any atom is 0.253 e. The fourth-order valence-electron chi connectivity index (χ4n) is 2.79. The topological polar surface area (TPSA) is 51.3 Å². The van der Waals surface area contributed by atoms with Gasteiger partial charge < -0.3 is 9.72 Å². The third kappa shape index (κ3) is 2.52. The Morgan fingerprint density at radius 2 is 2.09 bits per heavy atom. The van der Waals surface area contributed by atoms with E-state index >= 15 is 0 Å². The number of pyridine rings is 1. The Balaban J connectivity index is 1.81. The van der Waals surface area contributed by atoms with Gasteiger partial charge in [-0.05, 0) is 51.0 Å². The highest BCUT2D eigenvalue weighted by Gasteiger charge is 2.26. The highest BCUT2D eigenvalue weighted by molar-refractivity contribution is 6.03. The van der Waals surface area contributed by atoms with Crippen LogP contribution in [-0.2, 0) is 0 Å². The van der Waals surface area contributed by atoms with Crippen molar-refractivity contribution in [1.82, 2.24) is 19.5 Å². The Bertz CT molecular complexity index is 870. The minimum Gasteiger partial charge on any atom is -0.349 e. The van der Waals surface area contributed by atoms with Crippen molar-refractivity contribution in [3.8, 4) is 11.4 Å². The summed E-state index contributed by atoms with van der Waals surface area (Å²) < 4.78 is 3.97. The SMILES string of the molecule is CC(C)n1ccc(-c2cc(C(=O)NC3CC3)c3ccccn23)n1. The van der Waals surface area contributed by atoms with Gasteiger partial charge in [0.15, 0.2) is 0 Å². The van der Waals surface area contributed by atoms with E-state index in [0.29, 0.717) is 17.6 Å². The summed E-state index contributed by atoms with van der Waals surface area (Å²) in [6.45, 7) is 4.20. The molecule has 0 unspecified atom stereocenters. The van der Waals surface area contributed by atoms with Gasteiger partial charge in [0.25, 0.3) is 5.91 Å². The van der Waals surface area contributed by atoms with E-state index in [4.69, 9.17) is 0 Å². The summed E-state index contributed by atoms with van der Waals surface area (Å²) in [7, 11) is 0. The van der Waals surface area contributed by atoms with Crippen LogP contribution in [-0.4, -0.2) is 26.1 Å². The van der Waals surface area contributed by atoms with Crippen molar-refractivity contribution in [2.75, 3.05) is 0 Å². The predicted octanol–water partition coefficient (Wildman–Crippen LogP) is 3.28. The average molecular weight is 308 g/mol. The Labute approximate surface area is 134 Å². The van der Waals surface area contributed by atoms with Gasteiger partial charge in [0.1, 0.15) is 5.69 Å². The molecule has 3 aromatic heterocycles. The fourth-order valence-corrected chi connectivity index (χ4v) is 2.79. The molecule has 0 atom stereocenters. The summed E-state index contributed by atoms with van der Waals surface area (Å²) in [5.41, 5.74) is 3.46. The molecule has 118 valence electrons. The number of aromatic nitrogens is 3. The molecule has 1 aliphatic rings. The molecule has 4 rings (SSSR count). The van der Waals surface area contributed by atoms with E-state index in [1.807, 2.05) is 51.8 Å². The third-order valence-corrected chi connectivity index (χ3v) is 4.23. The Morgan fingerprint density at radius 3 is 2.78 bits per heavy atom. The molecule has 3 aromatic rings. The number of hydrogen-bond donors (Lipinski definition) is 1. The summed E-state index contributed by atoms with van der Waals surface area (Å²) >= 11 is 0. The molecular formula is C18H20N4O. The molecule has 0 saturated heterocycles. The first-order valence-corrected chi connectivity index (χ1v) is 8.10. The molecule has 0 radical (unpaired) electrons. The first-order valence-electron chi connectivity index (χ1n) is 8.10. The Kier molecular flexibility index (Phi) is 3.22. The molecule has 5 heteroatoms. The van der Waals surface area contributed by atoms with E-state index in [1.54, 1.807) is 0 Å². The van der Waals surface area contributed by atoms with Gasteiger partial charge in [-0.15, -0.1) is 0 Å². The van der Waals surface area contributed by atoms with Crippen LogP contribution in [0.2, 0.25) is 0 Å². The van der Waals surface area contributed by atoms with E-state index in [0.717, 1.165) is 29.7 Å². The number of nitrogens with one attached hydrogen (secondary N) is 1. The van der Waals surface area contributed by atoms with Crippen LogP contribution >= 0.6 is 0 Å². The molecule has 0 bridgehead atoms. The lowest BCUT2D eigenvalue weighted by Crippen LogP contribution is -2.25. The van der Waals surface area contributed by atoms with Crippen LogP contribution in [0.1, 0.15) is 43.1 Å². The fraction of sp³-hybridized carbons (Fsp3) is 0.333. The Morgan fingerprint density at radius 1 is 1.26 bits per heavy atom. The van der Waals surface area contributed by atoms with E-state index < -0.39 is 0 Å². The van der Waals surface area contributed by atoms with Gasteiger partial charge in [-0.3, -0.25) is 9.48 Å². The number of amides is 1. The number of carbonyl (C=O) groups is 1. The van der Waals surface area contributed by atoms with E-state index in [2.05, 4.69) is 24.3 Å². The zero-order valence-electron chi connectivity index (χ0n) is 13.4. The second kappa shape index (κ2) is 5.26. The van der Waals surface area contributed by atoms with Crippen LogP contribution in [0.25, 0.3) is 16.9 Å². The second-order valence-electron chi connectivity index (χ2n) is 6.42. The molecule has 5 nitrogen and oxygen atoms in total. The minimum absolute atomic E-state index is 0.00532. The number of rotatable bonds is 4. The molecule has 0 spiro atoms. The zero-order valence-corrected chi connectivity index (χ0v) is 13.4. The van der Waals surface area contributed by atoms with Crippen molar-refractivity contribution in [1.29, 1.82) is 0 Å². The summed E-state index contributed by atoms with van der Waals surface area (Å²) in [4.78, 5) is 12.5. The average Bonchev–Trinajstić information content (AvgIpc) is 3.09. The van der Waals surface area contributed by atoms with Crippen molar-refractivity contribution < 1.29 is 4.79 Å². The van der Waals surface area contributed by atoms with E-state index in [1.165, 1.54) is 0 Å². The van der Waals surface area contributed by atoms with Gasteiger partial charge in [0.05, 0.1) is 16.8 Å². The van der Waals surface area contributed by atoms with Crippen LogP contribution in [0.15, 0.2) is 42.7 Å². The van der Waals surface area contributed by atoms with Crippen molar-refractivity contribution in [3.63, 3.8) is 0 Å². The van der Waals surface area contributed by atoms with Crippen molar-refractivity contribution in [2.45, 2.75) is 38.8 Å². The van der Waals surface area contributed by atoms with Crippen LogP contribution in [0.5, 0.6) is 0 Å². The number of hydrogen-bond acceptors (Lipinski definition) is 2. The molecule has 0 aliphatic heterocycles. The standard InChI is InChI=1S/C18H20N4O/c1-12(2)22-10-8-15(20-22)17-11-14(18(23)19-13-6-7-13)16-5-3-4-9-21(16)17/h3-5,8-13H,6-7H2,1-2H3,(H,19,23). The number of fused-ring (bicyclic) bond motifs is 1. The van der Waals surface area contributed by atoms with Gasteiger partial charge in [0.2, 0.25) is 0 Å². The van der Waals surface area contributed by atoms with Crippen LogP contribution in [0, 0.1) is 0 Å². The van der Waals surface area contributed by atoms with Gasteiger partial charge in [0, 0.05) is 24.5 Å². The molecule has 23 heavy (non-hydrogen) atoms. The van der Waals surface area contributed by atoms with Crippen LogP contribution in [0.4, 0.5) is 0 Å². The predicted molar refractivity (Wildman–Crippen MR) is 89.5 cm³/mol. The van der Waals surface area contributed by atoms with Gasteiger partial charge in [-0.25, -0.2) is 0 Å². The minimum atomic E-state index is 0.00532. The molecule has 1 N–H and O–H groups in total. The second-order valence-corrected chi connectivity index (χ2v) is 6.42. The number of nitrogens with zero attached hydrogens (tertiary/aromatic N) is 3. The van der Waals surface area contributed by atoms with Gasteiger partial charge >= 0.3 is 0 Å². The largest absolute Gasteiger partial charge is 0.349 e. The third-order valence-electron chi connectivity index (χ3n) is 4.23. The molecule has 1 aliphatic carbocycles. The quantitative estimate of drug-likeness (QED) is 0.804. The molecule has 1 amide bonds. The zero-order chi connectivity index (χ0) is 16.0. The molecule has 0 aromatic carbocycles. The lowest BCUT2D eigenvalue weighted by atomic mass is 10.2. The Hall–Kier alpha value is -2.56. The highest BCUT2D eigenvalue weighted by atomic mass is 16.1. The molecule has 1 fully saturated rings. The van der Waals surface area contributed by atoms with E-state index in [9.17, 15) is 4.79 Å². The summed E-state index contributed by atoms with van der Waals surface area (Å²) in [5.74, 6) is 0.00532. The lowest BCUT2D eigenvalue weighted by Gasteiger charge is -2.04. The highest BCUT2D eigenvalue weighted by Crippen LogP contribution is 2.27. The number of carbonyl (C=O) groups excluding carboxylic acids is 1. The lowest BCUT2D eigenvalue weighted by molar-refractivity contribution is 0.0953. The van der Waals surface area contributed by atoms with Crippen molar-refractivity contribution in [3.05, 3.63) is 48.3 Å². The first kappa shape index (κ1) is 14.1. The normalized spacial score (nSPS) is 14.6. The van der Waals surface area contributed by atoms with Crippen LogP contribution < -0.4 is 5.32 Å². The van der Waals surface area contributed by atoms with E-state index in [-0.39, 0.29) is 5.91 Å². The van der Waals surface area contributed by atoms with Crippen LogP contribution in [0.3, 0.4) is 0 Å². The smallest absolute Gasteiger partial charge is 0.253 e. The molecule has 1 saturated carbocycles. The summed E-state index contributed by atoms with van der Waals surface area (Å²) in [6.07, 6.45) is 6.13. The van der Waals surface area contributed by atoms with Crippen molar-refractivity contribution in [2.24, 2.45) is 0 Å².